The van der Waals surface area contributed by atoms with Crippen LogP contribution in [0, 0.1) is 0 Å². The fourth-order valence-corrected chi connectivity index (χ4v) is 3.29. The SMILES string of the molecule is CN(CCCN1CCN(c2cccc(Cl)c2)CC1)/N=c1/cccc[nH]1. The van der Waals surface area contributed by atoms with Gasteiger partial charge in [0.1, 0.15) is 5.49 Å². The number of nitrogens with one attached hydrogen (secondary N) is 1. The van der Waals surface area contributed by atoms with Crippen molar-refractivity contribution in [3.8, 4) is 0 Å². The molecule has 0 amide bonds. The number of hydrogen-bond donors (Lipinski definition) is 1. The molecule has 0 radical (unpaired) electrons. The third kappa shape index (κ3) is 5.51. The third-order valence-electron chi connectivity index (χ3n) is 4.47. The average molecular weight is 360 g/mol. The Kier molecular flexibility index (Phi) is 6.36. The molecule has 0 bridgehead atoms. The second-order valence-electron chi connectivity index (χ2n) is 6.39. The molecule has 1 fully saturated rings. The highest BCUT2D eigenvalue weighted by molar-refractivity contribution is 6.30. The summed E-state index contributed by atoms with van der Waals surface area (Å²) >= 11 is 6.10. The van der Waals surface area contributed by atoms with E-state index in [9.17, 15) is 0 Å². The maximum atomic E-state index is 6.10. The lowest BCUT2D eigenvalue weighted by atomic mass is 10.2. The smallest absolute Gasteiger partial charge is 0.149 e. The van der Waals surface area contributed by atoms with Gasteiger partial charge in [-0.25, -0.2) is 0 Å². The number of halogens is 1. The Balaban J connectivity index is 1.39. The summed E-state index contributed by atoms with van der Waals surface area (Å²) in [5.74, 6) is 0. The molecular weight excluding hydrogens is 334 g/mol. The minimum Gasteiger partial charge on any atom is -0.369 e. The minimum atomic E-state index is 0.808. The van der Waals surface area contributed by atoms with Crippen LogP contribution in [0.3, 0.4) is 0 Å². The fraction of sp³-hybridized carbons (Fsp3) is 0.421. The van der Waals surface area contributed by atoms with Gasteiger partial charge in [0.25, 0.3) is 0 Å². The van der Waals surface area contributed by atoms with Crippen LogP contribution in [0.1, 0.15) is 6.42 Å². The standard InChI is InChI=1S/C19H26ClN5/c1-23(22-19-8-2-3-9-21-19)10-5-11-24-12-14-25(15-13-24)18-7-4-6-17(20)16-18/h2-4,6-9,16H,5,10-15H2,1H3,(H,21,22). The zero-order valence-electron chi connectivity index (χ0n) is 14.7. The summed E-state index contributed by atoms with van der Waals surface area (Å²) in [6.07, 6.45) is 3.01. The van der Waals surface area contributed by atoms with Crippen molar-refractivity contribution < 1.29 is 0 Å². The maximum absolute atomic E-state index is 6.10. The van der Waals surface area contributed by atoms with E-state index in [2.05, 4.69) is 26.0 Å². The molecule has 0 atom stereocenters. The van der Waals surface area contributed by atoms with Crippen LogP contribution in [0.25, 0.3) is 0 Å². The predicted molar refractivity (Wildman–Crippen MR) is 104 cm³/mol. The van der Waals surface area contributed by atoms with Crippen molar-refractivity contribution >= 4 is 17.3 Å². The average Bonchev–Trinajstić information content (AvgIpc) is 2.63. The summed E-state index contributed by atoms with van der Waals surface area (Å²) in [5.41, 5.74) is 2.12. The summed E-state index contributed by atoms with van der Waals surface area (Å²) in [6, 6.07) is 14.1. The first kappa shape index (κ1) is 17.8. The molecule has 6 heteroatoms. The first-order valence-electron chi connectivity index (χ1n) is 8.83. The monoisotopic (exact) mass is 359 g/mol. The number of hydrogen-bond acceptors (Lipinski definition) is 4. The summed E-state index contributed by atoms with van der Waals surface area (Å²) in [6.45, 7) is 6.37. The van der Waals surface area contributed by atoms with Crippen LogP contribution in [-0.4, -0.2) is 61.2 Å². The zero-order chi connectivity index (χ0) is 17.5. The Hall–Kier alpha value is -1.98. The molecule has 25 heavy (non-hydrogen) atoms. The van der Waals surface area contributed by atoms with Gasteiger partial charge in [-0.05, 0) is 36.8 Å². The van der Waals surface area contributed by atoms with E-state index >= 15 is 0 Å². The van der Waals surface area contributed by atoms with Crippen LogP contribution in [-0.2, 0) is 0 Å². The van der Waals surface area contributed by atoms with E-state index < -0.39 is 0 Å². The van der Waals surface area contributed by atoms with Gasteiger partial charge in [0.05, 0.1) is 0 Å². The van der Waals surface area contributed by atoms with Crippen LogP contribution in [0.5, 0.6) is 0 Å². The van der Waals surface area contributed by atoms with E-state index in [-0.39, 0.29) is 0 Å². The number of rotatable bonds is 6. The highest BCUT2D eigenvalue weighted by Crippen LogP contribution is 2.20. The number of piperazine rings is 1. The summed E-state index contributed by atoms with van der Waals surface area (Å²) in [7, 11) is 2.03. The number of benzene rings is 1. The van der Waals surface area contributed by atoms with E-state index in [1.54, 1.807) is 0 Å². The van der Waals surface area contributed by atoms with Crippen molar-refractivity contribution in [2.24, 2.45) is 5.10 Å². The molecule has 1 aromatic carbocycles. The number of nitrogens with zero attached hydrogens (tertiary/aromatic N) is 4. The second-order valence-corrected chi connectivity index (χ2v) is 6.83. The molecule has 134 valence electrons. The number of pyridine rings is 1. The van der Waals surface area contributed by atoms with Crippen LogP contribution < -0.4 is 10.4 Å². The van der Waals surface area contributed by atoms with E-state index in [0.717, 1.165) is 56.2 Å². The Bertz CT molecular complexity index is 704. The fourth-order valence-electron chi connectivity index (χ4n) is 3.11. The predicted octanol–water partition coefficient (Wildman–Crippen LogP) is 2.63. The van der Waals surface area contributed by atoms with Crippen molar-refractivity contribution in [2.75, 3.05) is 51.2 Å². The molecule has 5 nitrogen and oxygen atoms in total. The van der Waals surface area contributed by atoms with E-state index in [0.29, 0.717) is 0 Å². The molecule has 0 aliphatic carbocycles. The molecule has 1 aliphatic rings. The maximum Gasteiger partial charge on any atom is 0.149 e. The highest BCUT2D eigenvalue weighted by Gasteiger charge is 2.16. The molecule has 3 rings (SSSR count). The Morgan fingerprint density at radius 3 is 2.68 bits per heavy atom. The molecule has 0 spiro atoms. The van der Waals surface area contributed by atoms with Gasteiger partial charge in [0.15, 0.2) is 0 Å². The van der Waals surface area contributed by atoms with Crippen LogP contribution >= 0.6 is 11.6 Å². The molecule has 1 aromatic heterocycles. The van der Waals surface area contributed by atoms with Crippen molar-refractivity contribution in [1.29, 1.82) is 0 Å². The lowest BCUT2D eigenvalue weighted by Gasteiger charge is -2.36. The minimum absolute atomic E-state index is 0.808. The van der Waals surface area contributed by atoms with Gasteiger partial charge in [0.2, 0.25) is 0 Å². The first-order chi connectivity index (χ1) is 12.2. The Morgan fingerprint density at radius 2 is 1.96 bits per heavy atom. The molecular formula is C19H26ClN5. The number of anilines is 1. The molecule has 2 heterocycles. The van der Waals surface area contributed by atoms with E-state index in [1.165, 1.54) is 5.69 Å². The summed E-state index contributed by atoms with van der Waals surface area (Å²) in [5, 5.41) is 7.36. The number of aromatic nitrogens is 1. The quantitative estimate of drug-likeness (QED) is 0.806. The highest BCUT2D eigenvalue weighted by atomic mass is 35.5. The van der Waals surface area contributed by atoms with Gasteiger partial charge in [-0.15, -0.1) is 0 Å². The lowest BCUT2D eigenvalue weighted by Crippen LogP contribution is -2.46. The van der Waals surface area contributed by atoms with E-state index in [4.69, 9.17) is 11.6 Å². The molecule has 0 unspecified atom stereocenters. The lowest BCUT2D eigenvalue weighted by molar-refractivity contribution is 0.234. The first-order valence-corrected chi connectivity index (χ1v) is 9.21. The van der Waals surface area contributed by atoms with Gasteiger partial charge >= 0.3 is 0 Å². The van der Waals surface area contributed by atoms with E-state index in [1.807, 2.05) is 54.7 Å². The van der Waals surface area contributed by atoms with Gasteiger partial charge in [0, 0.05) is 63.2 Å². The van der Waals surface area contributed by atoms with Crippen LogP contribution in [0.2, 0.25) is 5.02 Å². The van der Waals surface area contributed by atoms with Crippen LogP contribution in [0.4, 0.5) is 5.69 Å². The van der Waals surface area contributed by atoms with Crippen molar-refractivity contribution in [3.05, 3.63) is 59.2 Å². The Morgan fingerprint density at radius 1 is 1.12 bits per heavy atom. The third-order valence-corrected chi connectivity index (χ3v) is 4.71. The largest absolute Gasteiger partial charge is 0.369 e. The molecule has 1 N–H and O–H groups in total. The normalized spacial score (nSPS) is 16.2. The summed E-state index contributed by atoms with van der Waals surface area (Å²) in [4.78, 5) is 8.07. The number of aromatic amines is 1. The van der Waals surface area contributed by atoms with Crippen molar-refractivity contribution in [2.45, 2.75) is 6.42 Å². The molecule has 1 saturated heterocycles. The van der Waals surface area contributed by atoms with Gasteiger partial charge in [-0.3, -0.25) is 9.91 Å². The summed E-state index contributed by atoms with van der Waals surface area (Å²) < 4.78 is 0. The topological polar surface area (TPSA) is 37.9 Å². The Labute approximate surface area is 154 Å². The van der Waals surface area contributed by atoms with Crippen LogP contribution in [0.15, 0.2) is 53.8 Å². The second kappa shape index (κ2) is 8.92. The van der Waals surface area contributed by atoms with Gasteiger partial charge in [-0.1, -0.05) is 23.7 Å². The zero-order valence-corrected chi connectivity index (χ0v) is 15.5. The van der Waals surface area contributed by atoms with Gasteiger partial charge in [-0.2, -0.15) is 5.10 Å². The van der Waals surface area contributed by atoms with Gasteiger partial charge < -0.3 is 9.88 Å². The van der Waals surface area contributed by atoms with Crippen molar-refractivity contribution in [3.63, 3.8) is 0 Å². The molecule has 1 aliphatic heterocycles. The molecule has 2 aromatic rings. The molecule has 0 saturated carbocycles. The number of H-pyrrole nitrogens is 1. The van der Waals surface area contributed by atoms with Crippen molar-refractivity contribution in [1.82, 2.24) is 14.9 Å².